The van der Waals surface area contributed by atoms with Gasteiger partial charge < -0.3 is 29.9 Å². The summed E-state index contributed by atoms with van der Waals surface area (Å²) in [6.07, 6.45) is 3.31. The first-order chi connectivity index (χ1) is 19.8. The average molecular weight is 586 g/mol. The van der Waals surface area contributed by atoms with Crippen LogP contribution in [0.1, 0.15) is 39.2 Å². The molecule has 2 N–H and O–H groups in total. The Hall–Kier alpha value is -3.74. The summed E-state index contributed by atoms with van der Waals surface area (Å²) in [6, 6.07) is 5.64. The SMILES string of the molecule is CCN(CC)c1ncc(N(CC)C(=O)N2CCSC2)c(N[C@@H](Cc2ccc(OC(=O)N3CCCC3)cc2)C(=O)O)n1. The van der Waals surface area contributed by atoms with Crippen LogP contribution in [0.2, 0.25) is 0 Å². The van der Waals surface area contributed by atoms with Gasteiger partial charge in [0.15, 0.2) is 5.82 Å². The van der Waals surface area contributed by atoms with Crippen molar-refractivity contribution in [2.75, 3.05) is 66.0 Å². The van der Waals surface area contributed by atoms with E-state index in [4.69, 9.17) is 9.72 Å². The minimum absolute atomic E-state index is 0.141. The Kier molecular flexibility index (Phi) is 10.5. The van der Waals surface area contributed by atoms with Crippen molar-refractivity contribution in [1.82, 2.24) is 19.8 Å². The Morgan fingerprint density at radius 1 is 1.05 bits per heavy atom. The number of urea groups is 1. The Balaban J connectivity index is 1.56. The lowest BCUT2D eigenvalue weighted by Crippen LogP contribution is -2.43. The van der Waals surface area contributed by atoms with Crippen molar-refractivity contribution in [2.24, 2.45) is 0 Å². The first-order valence-corrected chi connectivity index (χ1v) is 15.3. The van der Waals surface area contributed by atoms with Crippen LogP contribution in [0.15, 0.2) is 30.5 Å². The topological polar surface area (TPSA) is 131 Å². The molecule has 2 fully saturated rings. The molecule has 0 aliphatic carbocycles. The lowest BCUT2D eigenvalue weighted by atomic mass is 10.1. The van der Waals surface area contributed by atoms with Crippen molar-refractivity contribution < 1.29 is 24.2 Å². The molecule has 12 nitrogen and oxygen atoms in total. The maximum absolute atomic E-state index is 13.4. The summed E-state index contributed by atoms with van der Waals surface area (Å²) >= 11 is 1.69. The number of anilines is 3. The van der Waals surface area contributed by atoms with Crippen molar-refractivity contribution in [2.45, 2.75) is 46.1 Å². The first kappa shape index (κ1) is 30.2. The number of thioether (sulfide) groups is 1. The standard InChI is InChI=1S/C28H39N7O5S/c1-4-32(5-2)26-29-18-23(35(6-3)27(38)34-15-16-41-19-34)24(31-26)30-22(25(36)37)17-20-9-11-21(12-10-20)40-28(39)33-13-7-8-14-33/h9-12,18,22H,4-8,13-17,19H2,1-3H3,(H,36,37)(H,29,30,31)/t22-/m0/s1. The van der Waals surface area contributed by atoms with E-state index < -0.39 is 12.0 Å². The van der Waals surface area contributed by atoms with Crippen LogP contribution in [0, 0.1) is 0 Å². The number of likely N-dealkylation sites (tertiary alicyclic amines) is 1. The van der Waals surface area contributed by atoms with Crippen LogP contribution in [0.4, 0.5) is 27.0 Å². The van der Waals surface area contributed by atoms with E-state index >= 15 is 0 Å². The van der Waals surface area contributed by atoms with Crippen molar-refractivity contribution in [3.63, 3.8) is 0 Å². The van der Waals surface area contributed by atoms with E-state index in [9.17, 15) is 19.5 Å². The van der Waals surface area contributed by atoms with Gasteiger partial charge in [-0.25, -0.2) is 19.4 Å². The van der Waals surface area contributed by atoms with Gasteiger partial charge in [-0.3, -0.25) is 4.90 Å². The molecule has 1 aromatic heterocycles. The molecule has 2 aliphatic rings. The minimum Gasteiger partial charge on any atom is -0.480 e. The molecule has 0 spiro atoms. The lowest BCUT2D eigenvalue weighted by molar-refractivity contribution is -0.137. The van der Waals surface area contributed by atoms with E-state index in [0.29, 0.717) is 62.5 Å². The second-order valence-electron chi connectivity index (χ2n) is 9.85. The molecule has 0 saturated carbocycles. The number of carboxylic acid groups (broad SMARTS) is 1. The van der Waals surface area contributed by atoms with E-state index in [1.807, 2.05) is 25.7 Å². The van der Waals surface area contributed by atoms with Crippen molar-refractivity contribution in [3.05, 3.63) is 36.0 Å². The normalized spacial score (nSPS) is 15.5. The summed E-state index contributed by atoms with van der Waals surface area (Å²) in [5.74, 6) is 1.57. The summed E-state index contributed by atoms with van der Waals surface area (Å²) in [7, 11) is 0. The molecular formula is C28H39N7O5S. The molecule has 13 heteroatoms. The van der Waals surface area contributed by atoms with Gasteiger partial charge in [-0.05, 0) is 51.3 Å². The molecule has 222 valence electrons. The van der Waals surface area contributed by atoms with E-state index in [-0.39, 0.29) is 24.4 Å². The van der Waals surface area contributed by atoms with Crippen molar-refractivity contribution >= 4 is 47.3 Å². The maximum Gasteiger partial charge on any atom is 0.415 e. The Morgan fingerprint density at radius 3 is 2.34 bits per heavy atom. The van der Waals surface area contributed by atoms with Crippen LogP contribution < -0.4 is 19.9 Å². The number of rotatable bonds is 11. The number of hydrogen-bond donors (Lipinski definition) is 2. The van der Waals surface area contributed by atoms with E-state index in [2.05, 4.69) is 10.3 Å². The predicted molar refractivity (Wildman–Crippen MR) is 160 cm³/mol. The number of nitrogens with zero attached hydrogens (tertiary/aromatic N) is 6. The number of ether oxygens (including phenoxy) is 1. The third kappa shape index (κ3) is 7.51. The van der Waals surface area contributed by atoms with E-state index in [1.165, 1.54) is 0 Å². The Labute approximate surface area is 245 Å². The highest BCUT2D eigenvalue weighted by atomic mass is 32.2. The van der Waals surface area contributed by atoms with Gasteiger partial charge in [0, 0.05) is 51.4 Å². The van der Waals surface area contributed by atoms with Gasteiger partial charge >= 0.3 is 18.1 Å². The van der Waals surface area contributed by atoms with Gasteiger partial charge in [0.05, 0.1) is 12.1 Å². The summed E-state index contributed by atoms with van der Waals surface area (Å²) in [5.41, 5.74) is 1.17. The van der Waals surface area contributed by atoms with Crippen LogP contribution in [-0.2, 0) is 11.2 Å². The summed E-state index contributed by atoms with van der Waals surface area (Å²) in [6.45, 7) is 9.63. The predicted octanol–water partition coefficient (Wildman–Crippen LogP) is 3.98. The van der Waals surface area contributed by atoms with Gasteiger partial charge in [-0.2, -0.15) is 4.98 Å². The van der Waals surface area contributed by atoms with E-state index in [0.717, 1.165) is 24.2 Å². The molecule has 0 unspecified atom stereocenters. The van der Waals surface area contributed by atoms with Gasteiger partial charge in [0.1, 0.15) is 17.5 Å². The highest BCUT2D eigenvalue weighted by molar-refractivity contribution is 7.99. The molecule has 1 atom stereocenters. The molecule has 3 amide bonds. The summed E-state index contributed by atoms with van der Waals surface area (Å²) < 4.78 is 5.47. The number of amides is 3. The lowest BCUT2D eigenvalue weighted by Gasteiger charge is -2.29. The van der Waals surface area contributed by atoms with Crippen molar-refractivity contribution in [1.29, 1.82) is 0 Å². The first-order valence-electron chi connectivity index (χ1n) is 14.2. The number of aromatic nitrogens is 2. The summed E-state index contributed by atoms with van der Waals surface area (Å²) in [4.78, 5) is 54.3. The van der Waals surface area contributed by atoms with Crippen LogP contribution in [-0.4, -0.2) is 99.9 Å². The quantitative estimate of drug-likeness (QED) is 0.399. The number of nitrogens with one attached hydrogen (secondary N) is 1. The summed E-state index contributed by atoms with van der Waals surface area (Å²) in [5, 5.41) is 13.2. The number of carboxylic acids is 1. The third-order valence-electron chi connectivity index (χ3n) is 7.21. The maximum atomic E-state index is 13.4. The number of benzene rings is 1. The fraction of sp³-hybridized carbons (Fsp3) is 0.536. The molecule has 4 rings (SSSR count). The Bertz CT molecular complexity index is 1200. The van der Waals surface area contributed by atoms with Gasteiger partial charge in [0.2, 0.25) is 5.95 Å². The zero-order chi connectivity index (χ0) is 29.4. The molecule has 41 heavy (non-hydrogen) atoms. The molecule has 3 heterocycles. The Morgan fingerprint density at radius 2 is 1.76 bits per heavy atom. The molecule has 0 bridgehead atoms. The highest BCUT2D eigenvalue weighted by Crippen LogP contribution is 2.29. The molecule has 1 aromatic carbocycles. The number of carbonyl (C=O) groups excluding carboxylic acids is 2. The molecule has 2 aliphatic heterocycles. The van der Waals surface area contributed by atoms with Gasteiger partial charge in [-0.1, -0.05) is 12.1 Å². The fourth-order valence-electron chi connectivity index (χ4n) is 4.83. The second-order valence-corrected chi connectivity index (χ2v) is 10.9. The number of carbonyl (C=O) groups is 3. The molecule has 0 radical (unpaired) electrons. The number of hydrogen-bond acceptors (Lipinski definition) is 9. The van der Waals surface area contributed by atoms with Crippen LogP contribution in [0.25, 0.3) is 0 Å². The number of aliphatic carboxylic acids is 1. The zero-order valence-corrected chi connectivity index (χ0v) is 24.7. The van der Waals surface area contributed by atoms with Crippen LogP contribution in [0.3, 0.4) is 0 Å². The highest BCUT2D eigenvalue weighted by Gasteiger charge is 2.29. The van der Waals surface area contributed by atoms with Crippen molar-refractivity contribution in [3.8, 4) is 5.75 Å². The van der Waals surface area contributed by atoms with Gasteiger partial charge in [-0.15, -0.1) is 11.8 Å². The monoisotopic (exact) mass is 585 g/mol. The fourth-order valence-corrected chi connectivity index (χ4v) is 5.77. The molecule has 2 saturated heterocycles. The molecule has 2 aromatic rings. The zero-order valence-electron chi connectivity index (χ0n) is 23.9. The second kappa shape index (κ2) is 14.2. The smallest absolute Gasteiger partial charge is 0.415 e. The van der Waals surface area contributed by atoms with Crippen LogP contribution >= 0.6 is 11.8 Å². The average Bonchev–Trinajstić information content (AvgIpc) is 3.71. The van der Waals surface area contributed by atoms with Crippen LogP contribution in [0.5, 0.6) is 5.75 Å². The third-order valence-corrected chi connectivity index (χ3v) is 8.17. The van der Waals surface area contributed by atoms with E-state index in [1.54, 1.807) is 56.9 Å². The van der Waals surface area contributed by atoms with Gasteiger partial charge in [0.25, 0.3) is 0 Å². The molecular weight excluding hydrogens is 546 g/mol. The minimum atomic E-state index is -1.06. The largest absolute Gasteiger partial charge is 0.480 e.